The van der Waals surface area contributed by atoms with Gasteiger partial charge in [-0.25, -0.2) is 0 Å². The van der Waals surface area contributed by atoms with Crippen molar-refractivity contribution in [3.63, 3.8) is 0 Å². The summed E-state index contributed by atoms with van der Waals surface area (Å²) in [5, 5.41) is 13.1. The van der Waals surface area contributed by atoms with Crippen molar-refractivity contribution in [3.8, 4) is 0 Å². The van der Waals surface area contributed by atoms with Crippen molar-refractivity contribution in [3.05, 3.63) is 0 Å². The van der Waals surface area contributed by atoms with Crippen LogP contribution >= 0.6 is 0 Å². The number of aliphatic hydroxyl groups is 1. The Labute approximate surface area is 74.4 Å². The van der Waals surface area contributed by atoms with Gasteiger partial charge in [-0.15, -0.1) is 0 Å². The van der Waals surface area contributed by atoms with E-state index in [4.69, 9.17) is 0 Å². The van der Waals surface area contributed by atoms with Crippen molar-refractivity contribution in [1.82, 2.24) is 5.32 Å². The lowest BCUT2D eigenvalue weighted by molar-refractivity contribution is 0.116. The van der Waals surface area contributed by atoms with E-state index < -0.39 is 0 Å². The molecule has 70 valence electrons. The second-order valence-corrected chi connectivity index (χ2v) is 4.23. The van der Waals surface area contributed by atoms with Crippen LogP contribution in [0.1, 0.15) is 38.5 Å². The lowest BCUT2D eigenvalue weighted by Crippen LogP contribution is -2.38. The number of aliphatic hydroxyl groups excluding tert-OH is 1. The molecule has 2 fully saturated rings. The van der Waals surface area contributed by atoms with Crippen LogP contribution in [-0.4, -0.2) is 23.8 Å². The molecule has 0 radical (unpaired) electrons. The molecule has 2 rings (SSSR count). The Hall–Kier alpha value is -0.0800. The quantitative estimate of drug-likeness (QED) is 0.620. The lowest BCUT2D eigenvalue weighted by atomic mass is 9.82. The molecule has 2 N–H and O–H groups in total. The van der Waals surface area contributed by atoms with E-state index in [2.05, 4.69) is 5.32 Å². The average molecular weight is 169 g/mol. The highest BCUT2D eigenvalue weighted by molar-refractivity contribution is 4.89. The first-order valence-electron chi connectivity index (χ1n) is 5.29. The molecule has 1 saturated heterocycles. The predicted octanol–water partition coefficient (Wildman–Crippen LogP) is 1.29. The van der Waals surface area contributed by atoms with Crippen LogP contribution in [0.25, 0.3) is 0 Å². The summed E-state index contributed by atoms with van der Waals surface area (Å²) in [6, 6.07) is 0.422. The summed E-state index contributed by atoms with van der Waals surface area (Å²) in [6.07, 6.45) is 7.70. The van der Waals surface area contributed by atoms with Gasteiger partial charge in [0.2, 0.25) is 0 Å². The standard InChI is InChI=1S/C10H19NO/c12-9-6-7-11-10(9)8-4-2-1-3-5-8/h8-12H,1-7H2. The molecule has 2 heteroatoms. The molecule has 0 aromatic carbocycles. The molecule has 0 bridgehead atoms. The van der Waals surface area contributed by atoms with Crippen molar-refractivity contribution in [2.75, 3.05) is 6.54 Å². The average Bonchev–Trinajstić information content (AvgIpc) is 2.53. The molecule has 2 unspecified atom stereocenters. The fourth-order valence-corrected chi connectivity index (χ4v) is 2.69. The van der Waals surface area contributed by atoms with Crippen LogP contribution in [0.4, 0.5) is 0 Å². The molecule has 12 heavy (non-hydrogen) atoms. The van der Waals surface area contributed by atoms with Gasteiger partial charge in [-0.1, -0.05) is 19.3 Å². The fraction of sp³-hybridized carbons (Fsp3) is 1.00. The lowest BCUT2D eigenvalue weighted by Gasteiger charge is -2.29. The van der Waals surface area contributed by atoms with Crippen molar-refractivity contribution < 1.29 is 5.11 Å². The minimum atomic E-state index is -0.0619. The zero-order valence-corrected chi connectivity index (χ0v) is 7.63. The maximum absolute atomic E-state index is 9.68. The topological polar surface area (TPSA) is 32.3 Å². The van der Waals surface area contributed by atoms with Crippen LogP contribution in [0.5, 0.6) is 0 Å². The van der Waals surface area contributed by atoms with E-state index in [-0.39, 0.29) is 6.10 Å². The molecule has 1 heterocycles. The van der Waals surface area contributed by atoms with Crippen LogP contribution in [0.15, 0.2) is 0 Å². The number of rotatable bonds is 1. The maximum Gasteiger partial charge on any atom is 0.0708 e. The van der Waals surface area contributed by atoms with Gasteiger partial charge in [0.1, 0.15) is 0 Å². The van der Waals surface area contributed by atoms with Gasteiger partial charge in [0.05, 0.1) is 6.10 Å². The molecule has 0 amide bonds. The molecule has 2 atom stereocenters. The summed E-state index contributed by atoms with van der Waals surface area (Å²) in [6.45, 7) is 1.02. The summed E-state index contributed by atoms with van der Waals surface area (Å²) >= 11 is 0. The first-order valence-corrected chi connectivity index (χ1v) is 5.29. The van der Waals surface area contributed by atoms with Gasteiger partial charge in [-0.2, -0.15) is 0 Å². The maximum atomic E-state index is 9.68. The van der Waals surface area contributed by atoms with Gasteiger partial charge < -0.3 is 10.4 Å². The highest BCUT2D eigenvalue weighted by atomic mass is 16.3. The molecule has 1 aliphatic carbocycles. The first-order chi connectivity index (χ1) is 5.88. The second-order valence-electron chi connectivity index (χ2n) is 4.23. The van der Waals surface area contributed by atoms with E-state index in [9.17, 15) is 5.11 Å². The van der Waals surface area contributed by atoms with Gasteiger partial charge in [0.15, 0.2) is 0 Å². The van der Waals surface area contributed by atoms with E-state index >= 15 is 0 Å². The predicted molar refractivity (Wildman–Crippen MR) is 49.0 cm³/mol. The van der Waals surface area contributed by atoms with Crippen LogP contribution in [0.3, 0.4) is 0 Å². The van der Waals surface area contributed by atoms with Gasteiger partial charge in [-0.05, 0) is 31.7 Å². The largest absolute Gasteiger partial charge is 0.391 e. The Balaban J connectivity index is 1.89. The number of hydrogen-bond donors (Lipinski definition) is 2. The van der Waals surface area contributed by atoms with Gasteiger partial charge >= 0.3 is 0 Å². The minimum absolute atomic E-state index is 0.0619. The third kappa shape index (κ3) is 1.64. The Morgan fingerprint density at radius 2 is 1.75 bits per heavy atom. The number of hydrogen-bond acceptors (Lipinski definition) is 2. The summed E-state index contributed by atoms with van der Waals surface area (Å²) < 4.78 is 0. The zero-order chi connectivity index (χ0) is 8.39. The Morgan fingerprint density at radius 1 is 1.00 bits per heavy atom. The van der Waals surface area contributed by atoms with Gasteiger partial charge in [-0.3, -0.25) is 0 Å². The highest BCUT2D eigenvalue weighted by Crippen LogP contribution is 2.29. The molecular formula is C10H19NO. The summed E-state index contributed by atoms with van der Waals surface area (Å²) in [4.78, 5) is 0. The van der Waals surface area contributed by atoms with Crippen LogP contribution < -0.4 is 5.32 Å². The van der Waals surface area contributed by atoms with E-state index in [1.54, 1.807) is 0 Å². The van der Waals surface area contributed by atoms with E-state index in [0.29, 0.717) is 6.04 Å². The molecule has 0 aromatic rings. The molecule has 1 saturated carbocycles. The van der Waals surface area contributed by atoms with E-state index in [1.165, 1.54) is 32.1 Å². The van der Waals surface area contributed by atoms with E-state index in [0.717, 1.165) is 18.9 Å². The van der Waals surface area contributed by atoms with Crippen molar-refractivity contribution >= 4 is 0 Å². The van der Waals surface area contributed by atoms with Crippen molar-refractivity contribution in [2.45, 2.75) is 50.7 Å². The van der Waals surface area contributed by atoms with Gasteiger partial charge in [0.25, 0.3) is 0 Å². The van der Waals surface area contributed by atoms with Crippen molar-refractivity contribution in [1.29, 1.82) is 0 Å². The number of nitrogens with one attached hydrogen (secondary N) is 1. The molecule has 1 aliphatic heterocycles. The van der Waals surface area contributed by atoms with Crippen LogP contribution in [-0.2, 0) is 0 Å². The van der Waals surface area contributed by atoms with Crippen molar-refractivity contribution in [2.24, 2.45) is 5.92 Å². The molecule has 2 nitrogen and oxygen atoms in total. The monoisotopic (exact) mass is 169 g/mol. The fourth-order valence-electron chi connectivity index (χ4n) is 2.69. The molecule has 2 aliphatic rings. The molecule has 0 aromatic heterocycles. The molecular weight excluding hydrogens is 150 g/mol. The SMILES string of the molecule is OC1CCNC1C1CCCCC1. The Morgan fingerprint density at radius 3 is 2.33 bits per heavy atom. The first kappa shape index (κ1) is 8.52. The molecule has 0 spiro atoms. The van der Waals surface area contributed by atoms with E-state index in [1.807, 2.05) is 0 Å². The summed E-state index contributed by atoms with van der Waals surface area (Å²) in [5.74, 6) is 0.760. The van der Waals surface area contributed by atoms with Crippen LogP contribution in [0.2, 0.25) is 0 Å². The Kier molecular flexibility index (Phi) is 2.66. The summed E-state index contributed by atoms with van der Waals surface area (Å²) in [7, 11) is 0. The third-order valence-corrected chi connectivity index (χ3v) is 3.39. The smallest absolute Gasteiger partial charge is 0.0708 e. The minimum Gasteiger partial charge on any atom is -0.391 e. The highest BCUT2D eigenvalue weighted by Gasteiger charge is 2.32. The third-order valence-electron chi connectivity index (χ3n) is 3.39. The van der Waals surface area contributed by atoms with Gasteiger partial charge in [0, 0.05) is 6.04 Å². The Bertz CT molecular complexity index is 143. The van der Waals surface area contributed by atoms with Crippen LogP contribution in [0, 0.1) is 5.92 Å². The second kappa shape index (κ2) is 3.75. The zero-order valence-electron chi connectivity index (χ0n) is 7.63. The normalized spacial score (nSPS) is 38.8. The summed E-state index contributed by atoms with van der Waals surface area (Å²) in [5.41, 5.74) is 0.